The Labute approximate surface area is 120 Å². The van der Waals surface area contributed by atoms with Gasteiger partial charge in [0, 0.05) is 6.54 Å². The van der Waals surface area contributed by atoms with Gasteiger partial charge in [-0.1, -0.05) is 42.0 Å². The molecule has 1 unspecified atom stereocenters. The molecule has 3 nitrogen and oxygen atoms in total. The van der Waals surface area contributed by atoms with E-state index in [1.165, 1.54) is 5.56 Å². The van der Waals surface area contributed by atoms with Crippen LogP contribution in [0.1, 0.15) is 28.4 Å². The average molecular weight is 271 g/mol. The zero-order valence-corrected chi connectivity index (χ0v) is 12.0. The van der Waals surface area contributed by atoms with E-state index in [1.54, 1.807) is 0 Å². The molecule has 0 radical (unpaired) electrons. The Kier molecular flexibility index (Phi) is 4.77. The molecule has 0 aliphatic rings. The number of ether oxygens (including phenoxy) is 1. The molecule has 2 rings (SSSR count). The van der Waals surface area contributed by atoms with E-state index in [4.69, 9.17) is 10.5 Å². The SMILES string of the molecule is Cc1ccc(OCC(O)c2ccc(CN)cc2)c(C)c1. The van der Waals surface area contributed by atoms with Crippen molar-refractivity contribution in [1.82, 2.24) is 0 Å². The first-order valence-corrected chi connectivity index (χ1v) is 6.77. The van der Waals surface area contributed by atoms with Crippen LogP contribution in [0.25, 0.3) is 0 Å². The van der Waals surface area contributed by atoms with E-state index in [2.05, 4.69) is 6.07 Å². The predicted molar refractivity (Wildman–Crippen MR) is 80.7 cm³/mol. The number of hydrogen-bond donors (Lipinski definition) is 2. The molecule has 3 heteroatoms. The topological polar surface area (TPSA) is 55.5 Å². The van der Waals surface area contributed by atoms with Crippen LogP contribution in [-0.2, 0) is 6.54 Å². The van der Waals surface area contributed by atoms with Crippen molar-refractivity contribution in [3.8, 4) is 5.75 Å². The van der Waals surface area contributed by atoms with Crippen LogP contribution in [0.4, 0.5) is 0 Å². The summed E-state index contributed by atoms with van der Waals surface area (Å²) >= 11 is 0. The number of rotatable bonds is 5. The molecule has 0 saturated carbocycles. The van der Waals surface area contributed by atoms with E-state index in [9.17, 15) is 5.11 Å². The van der Waals surface area contributed by atoms with Gasteiger partial charge in [-0.2, -0.15) is 0 Å². The molecule has 0 heterocycles. The smallest absolute Gasteiger partial charge is 0.122 e. The second-order valence-electron chi connectivity index (χ2n) is 5.04. The first-order valence-electron chi connectivity index (χ1n) is 6.77. The van der Waals surface area contributed by atoms with Crippen molar-refractivity contribution in [2.24, 2.45) is 5.73 Å². The molecule has 106 valence electrons. The number of aryl methyl sites for hydroxylation is 2. The van der Waals surface area contributed by atoms with Gasteiger partial charge in [0.05, 0.1) is 0 Å². The van der Waals surface area contributed by atoms with Crippen molar-refractivity contribution < 1.29 is 9.84 Å². The molecular weight excluding hydrogens is 250 g/mol. The zero-order valence-electron chi connectivity index (χ0n) is 12.0. The lowest BCUT2D eigenvalue weighted by Crippen LogP contribution is -2.10. The van der Waals surface area contributed by atoms with Crippen LogP contribution >= 0.6 is 0 Å². The van der Waals surface area contributed by atoms with Crippen LogP contribution in [0.3, 0.4) is 0 Å². The quantitative estimate of drug-likeness (QED) is 0.879. The number of aliphatic hydroxyl groups excluding tert-OH is 1. The maximum Gasteiger partial charge on any atom is 0.122 e. The molecule has 2 aromatic carbocycles. The largest absolute Gasteiger partial charge is 0.490 e. The summed E-state index contributed by atoms with van der Waals surface area (Å²) in [5.74, 6) is 0.813. The molecule has 0 aliphatic carbocycles. The lowest BCUT2D eigenvalue weighted by Gasteiger charge is -2.15. The summed E-state index contributed by atoms with van der Waals surface area (Å²) in [6.45, 7) is 4.80. The highest BCUT2D eigenvalue weighted by molar-refractivity contribution is 5.35. The van der Waals surface area contributed by atoms with Gasteiger partial charge >= 0.3 is 0 Å². The summed E-state index contributed by atoms with van der Waals surface area (Å²) in [5, 5.41) is 10.1. The lowest BCUT2D eigenvalue weighted by molar-refractivity contribution is 0.108. The third-order valence-corrected chi connectivity index (χ3v) is 3.33. The highest BCUT2D eigenvalue weighted by atomic mass is 16.5. The molecule has 0 saturated heterocycles. The fraction of sp³-hybridized carbons (Fsp3) is 0.294. The van der Waals surface area contributed by atoms with Crippen molar-refractivity contribution in [2.45, 2.75) is 26.5 Å². The average Bonchev–Trinajstić information content (AvgIpc) is 2.46. The van der Waals surface area contributed by atoms with Crippen molar-refractivity contribution in [3.63, 3.8) is 0 Å². The van der Waals surface area contributed by atoms with Gasteiger partial charge in [0.1, 0.15) is 18.5 Å². The van der Waals surface area contributed by atoms with Crippen LogP contribution in [0.15, 0.2) is 42.5 Å². The second kappa shape index (κ2) is 6.55. The van der Waals surface area contributed by atoms with E-state index < -0.39 is 6.10 Å². The summed E-state index contributed by atoms with van der Waals surface area (Å²) in [6, 6.07) is 13.6. The van der Waals surface area contributed by atoms with Gasteiger partial charge in [0.15, 0.2) is 0 Å². The van der Waals surface area contributed by atoms with Crippen LogP contribution in [-0.4, -0.2) is 11.7 Å². The van der Waals surface area contributed by atoms with Gasteiger partial charge in [-0.05, 0) is 36.6 Å². The van der Waals surface area contributed by atoms with E-state index in [-0.39, 0.29) is 6.61 Å². The van der Waals surface area contributed by atoms with Gasteiger partial charge < -0.3 is 15.6 Å². The minimum Gasteiger partial charge on any atom is -0.490 e. The van der Waals surface area contributed by atoms with E-state index in [1.807, 2.05) is 50.2 Å². The van der Waals surface area contributed by atoms with Crippen molar-refractivity contribution >= 4 is 0 Å². The van der Waals surface area contributed by atoms with Gasteiger partial charge in [0.2, 0.25) is 0 Å². The number of hydrogen-bond acceptors (Lipinski definition) is 3. The first kappa shape index (κ1) is 14.6. The highest BCUT2D eigenvalue weighted by Crippen LogP contribution is 2.21. The first-order chi connectivity index (χ1) is 9.60. The molecule has 0 amide bonds. The summed E-state index contributed by atoms with van der Waals surface area (Å²) in [5.41, 5.74) is 9.73. The molecule has 0 aliphatic heterocycles. The monoisotopic (exact) mass is 271 g/mol. The zero-order chi connectivity index (χ0) is 14.5. The Morgan fingerprint density at radius 1 is 1.10 bits per heavy atom. The van der Waals surface area contributed by atoms with Crippen LogP contribution < -0.4 is 10.5 Å². The lowest BCUT2D eigenvalue weighted by atomic mass is 10.1. The molecule has 0 bridgehead atoms. The molecule has 0 spiro atoms. The molecule has 1 atom stereocenters. The summed E-state index contributed by atoms with van der Waals surface area (Å²) in [7, 11) is 0. The van der Waals surface area contributed by atoms with Crippen molar-refractivity contribution in [1.29, 1.82) is 0 Å². The van der Waals surface area contributed by atoms with E-state index in [0.29, 0.717) is 6.54 Å². The standard InChI is InChI=1S/C17H21NO2/c1-12-3-8-17(13(2)9-12)20-11-16(19)15-6-4-14(10-18)5-7-15/h3-9,16,19H,10-11,18H2,1-2H3. The van der Waals surface area contributed by atoms with Gasteiger partial charge in [-0.15, -0.1) is 0 Å². The summed E-state index contributed by atoms with van der Waals surface area (Å²) in [4.78, 5) is 0. The Morgan fingerprint density at radius 2 is 1.80 bits per heavy atom. The molecular formula is C17H21NO2. The molecule has 3 N–H and O–H groups in total. The number of benzene rings is 2. The fourth-order valence-corrected chi connectivity index (χ4v) is 2.10. The number of nitrogens with two attached hydrogens (primary N) is 1. The molecule has 2 aromatic rings. The summed E-state index contributed by atoms with van der Waals surface area (Å²) in [6.07, 6.45) is -0.637. The minimum absolute atomic E-state index is 0.242. The minimum atomic E-state index is -0.637. The highest BCUT2D eigenvalue weighted by Gasteiger charge is 2.09. The fourth-order valence-electron chi connectivity index (χ4n) is 2.10. The second-order valence-corrected chi connectivity index (χ2v) is 5.04. The van der Waals surface area contributed by atoms with Gasteiger partial charge in [0.25, 0.3) is 0 Å². The Bertz CT molecular complexity index is 564. The number of aliphatic hydroxyl groups is 1. The summed E-state index contributed by atoms with van der Waals surface area (Å²) < 4.78 is 5.69. The normalized spacial score (nSPS) is 12.2. The third kappa shape index (κ3) is 3.59. The van der Waals surface area contributed by atoms with E-state index >= 15 is 0 Å². The molecule has 0 fully saturated rings. The maximum atomic E-state index is 10.1. The predicted octanol–water partition coefficient (Wildman–Crippen LogP) is 2.87. The molecule has 0 aromatic heterocycles. The van der Waals surface area contributed by atoms with Crippen molar-refractivity contribution in [2.75, 3.05) is 6.61 Å². The maximum absolute atomic E-state index is 10.1. The van der Waals surface area contributed by atoms with Crippen LogP contribution in [0, 0.1) is 13.8 Å². The third-order valence-electron chi connectivity index (χ3n) is 3.33. The van der Waals surface area contributed by atoms with E-state index in [0.717, 1.165) is 22.4 Å². The Morgan fingerprint density at radius 3 is 2.40 bits per heavy atom. The molecule has 20 heavy (non-hydrogen) atoms. The Balaban J connectivity index is 1.98. The van der Waals surface area contributed by atoms with Crippen LogP contribution in [0.2, 0.25) is 0 Å². The van der Waals surface area contributed by atoms with Gasteiger partial charge in [-0.25, -0.2) is 0 Å². The van der Waals surface area contributed by atoms with Crippen LogP contribution in [0.5, 0.6) is 5.75 Å². The van der Waals surface area contributed by atoms with Gasteiger partial charge in [-0.3, -0.25) is 0 Å². The Hall–Kier alpha value is -1.84. The van der Waals surface area contributed by atoms with Crippen molar-refractivity contribution in [3.05, 3.63) is 64.7 Å².